The molecule has 0 radical (unpaired) electrons. The number of aromatic hydroxyl groups is 2. The van der Waals surface area contributed by atoms with Crippen LogP contribution in [0.1, 0.15) is 34.6 Å². The molecule has 2 aromatic rings. The van der Waals surface area contributed by atoms with Gasteiger partial charge in [-0.25, -0.2) is 0 Å². The first kappa shape index (κ1) is 12.7. The van der Waals surface area contributed by atoms with Crippen LogP contribution in [0, 0.1) is 0 Å². The van der Waals surface area contributed by atoms with Crippen molar-refractivity contribution in [2.75, 3.05) is 7.05 Å². The smallest absolute Gasteiger partial charge is 0.157 e. The molecule has 4 rings (SSSR count). The standard InChI is InChI=1S/C18H19NO2/c1-19-10-12-4-2-3-5-13(12)18-14-9-17(21)16(20)8-11(14)6-7-15(18)19/h2-5,8-9,15,18,20-21H,6-7,10H2,1H3/t15-,18-/m0/s1. The van der Waals surface area contributed by atoms with Crippen LogP contribution < -0.4 is 0 Å². The summed E-state index contributed by atoms with van der Waals surface area (Å²) in [5.41, 5.74) is 5.06. The lowest BCUT2D eigenvalue weighted by molar-refractivity contribution is 0.178. The molecular weight excluding hydrogens is 262 g/mol. The number of aryl methyl sites for hydroxylation is 1. The van der Waals surface area contributed by atoms with Crippen molar-refractivity contribution in [3.63, 3.8) is 0 Å². The molecule has 108 valence electrons. The van der Waals surface area contributed by atoms with Crippen LogP contribution in [0.25, 0.3) is 0 Å². The molecule has 1 heterocycles. The Morgan fingerprint density at radius 2 is 1.76 bits per heavy atom. The van der Waals surface area contributed by atoms with Crippen LogP contribution in [0.5, 0.6) is 11.5 Å². The zero-order valence-electron chi connectivity index (χ0n) is 12.1. The summed E-state index contributed by atoms with van der Waals surface area (Å²) in [6.07, 6.45) is 2.05. The molecule has 2 N–H and O–H groups in total. The molecule has 0 saturated carbocycles. The van der Waals surface area contributed by atoms with Crippen LogP contribution in [0.15, 0.2) is 36.4 Å². The normalized spacial score (nSPS) is 24.0. The van der Waals surface area contributed by atoms with E-state index in [0.29, 0.717) is 6.04 Å². The molecule has 0 bridgehead atoms. The Balaban J connectivity index is 1.93. The second-order valence-electron chi connectivity index (χ2n) is 6.24. The molecule has 3 heteroatoms. The fraction of sp³-hybridized carbons (Fsp3) is 0.333. The first-order chi connectivity index (χ1) is 10.1. The summed E-state index contributed by atoms with van der Waals surface area (Å²) in [6.45, 7) is 0.983. The molecular formula is C18H19NO2. The van der Waals surface area contributed by atoms with Crippen molar-refractivity contribution in [1.29, 1.82) is 0 Å². The number of hydrogen-bond donors (Lipinski definition) is 2. The number of fused-ring (bicyclic) bond motifs is 5. The molecule has 2 aromatic carbocycles. The molecule has 1 aliphatic carbocycles. The predicted octanol–water partition coefficient (Wildman–Crippen LogP) is 2.99. The quantitative estimate of drug-likeness (QED) is 0.730. The molecule has 0 fully saturated rings. The minimum Gasteiger partial charge on any atom is -0.504 e. The van der Waals surface area contributed by atoms with Gasteiger partial charge in [-0.2, -0.15) is 0 Å². The summed E-state index contributed by atoms with van der Waals surface area (Å²) in [5, 5.41) is 19.7. The van der Waals surface area contributed by atoms with Gasteiger partial charge in [-0.15, -0.1) is 0 Å². The predicted molar refractivity (Wildman–Crippen MR) is 81.6 cm³/mol. The van der Waals surface area contributed by atoms with Crippen molar-refractivity contribution >= 4 is 0 Å². The first-order valence-corrected chi connectivity index (χ1v) is 7.48. The molecule has 0 aromatic heterocycles. The van der Waals surface area contributed by atoms with E-state index in [1.54, 1.807) is 12.1 Å². The van der Waals surface area contributed by atoms with E-state index in [2.05, 4.69) is 36.2 Å². The lowest BCUT2D eigenvalue weighted by atomic mass is 9.71. The Labute approximate surface area is 124 Å². The third-order valence-electron chi connectivity index (χ3n) is 5.04. The maximum absolute atomic E-state index is 9.92. The SMILES string of the molecule is CN1Cc2ccccc2[C@H]2c3cc(O)c(O)cc3CC[C@@H]21. The van der Waals surface area contributed by atoms with E-state index in [-0.39, 0.29) is 17.4 Å². The van der Waals surface area contributed by atoms with Crippen LogP contribution >= 0.6 is 0 Å². The highest BCUT2D eigenvalue weighted by Crippen LogP contribution is 2.46. The lowest BCUT2D eigenvalue weighted by Gasteiger charge is -2.44. The van der Waals surface area contributed by atoms with Crippen molar-refractivity contribution in [3.05, 3.63) is 58.7 Å². The van der Waals surface area contributed by atoms with Gasteiger partial charge in [0.15, 0.2) is 11.5 Å². The van der Waals surface area contributed by atoms with Crippen molar-refractivity contribution in [3.8, 4) is 11.5 Å². The number of nitrogens with zero attached hydrogens (tertiary/aromatic N) is 1. The molecule has 1 aliphatic heterocycles. The van der Waals surface area contributed by atoms with Gasteiger partial charge in [0.25, 0.3) is 0 Å². The van der Waals surface area contributed by atoms with Gasteiger partial charge in [-0.05, 0) is 54.3 Å². The number of phenols is 2. The Bertz CT molecular complexity index is 710. The lowest BCUT2D eigenvalue weighted by Crippen LogP contribution is -2.43. The molecule has 3 nitrogen and oxygen atoms in total. The average Bonchev–Trinajstić information content (AvgIpc) is 2.48. The van der Waals surface area contributed by atoms with E-state index in [1.807, 2.05) is 0 Å². The number of phenolic OH excluding ortho intramolecular Hbond substituents is 2. The maximum atomic E-state index is 9.92. The van der Waals surface area contributed by atoms with E-state index in [0.717, 1.165) is 24.9 Å². The summed E-state index contributed by atoms with van der Waals surface area (Å²) in [6, 6.07) is 12.5. The summed E-state index contributed by atoms with van der Waals surface area (Å²) >= 11 is 0. The highest BCUT2D eigenvalue weighted by atomic mass is 16.3. The molecule has 0 unspecified atom stereocenters. The number of benzene rings is 2. The summed E-state index contributed by atoms with van der Waals surface area (Å²) in [7, 11) is 2.18. The zero-order chi connectivity index (χ0) is 14.6. The number of rotatable bonds is 0. The van der Waals surface area contributed by atoms with Crippen LogP contribution in [-0.4, -0.2) is 28.2 Å². The van der Waals surface area contributed by atoms with Gasteiger partial charge in [0, 0.05) is 18.5 Å². The number of likely N-dealkylation sites (N-methyl/N-ethyl adjacent to an activating group) is 1. The van der Waals surface area contributed by atoms with E-state index in [4.69, 9.17) is 0 Å². The largest absolute Gasteiger partial charge is 0.504 e. The third-order valence-corrected chi connectivity index (χ3v) is 5.04. The summed E-state index contributed by atoms with van der Waals surface area (Å²) < 4.78 is 0. The van der Waals surface area contributed by atoms with Gasteiger partial charge in [0.05, 0.1) is 0 Å². The Kier molecular flexibility index (Phi) is 2.73. The van der Waals surface area contributed by atoms with Crippen LogP contribution in [0.4, 0.5) is 0 Å². The minimum absolute atomic E-state index is 0.00958. The molecule has 2 atom stereocenters. The van der Waals surface area contributed by atoms with Gasteiger partial charge < -0.3 is 10.2 Å². The summed E-state index contributed by atoms with van der Waals surface area (Å²) in [4.78, 5) is 2.42. The molecule has 2 aliphatic rings. The van der Waals surface area contributed by atoms with E-state index in [9.17, 15) is 10.2 Å². The van der Waals surface area contributed by atoms with Crippen molar-refractivity contribution in [1.82, 2.24) is 4.90 Å². The van der Waals surface area contributed by atoms with Gasteiger partial charge in [-0.3, -0.25) is 4.90 Å². The van der Waals surface area contributed by atoms with Crippen LogP contribution in [-0.2, 0) is 13.0 Å². The second kappa shape index (κ2) is 4.50. The minimum atomic E-state index is -0.0138. The fourth-order valence-corrected chi connectivity index (χ4v) is 4.04. The van der Waals surface area contributed by atoms with Gasteiger partial charge >= 0.3 is 0 Å². The molecule has 0 saturated heterocycles. The highest BCUT2D eigenvalue weighted by Gasteiger charge is 2.38. The first-order valence-electron chi connectivity index (χ1n) is 7.48. The van der Waals surface area contributed by atoms with E-state index in [1.165, 1.54) is 16.7 Å². The topological polar surface area (TPSA) is 43.7 Å². The van der Waals surface area contributed by atoms with Crippen LogP contribution in [0.2, 0.25) is 0 Å². The van der Waals surface area contributed by atoms with Gasteiger partial charge in [0.1, 0.15) is 0 Å². The van der Waals surface area contributed by atoms with E-state index < -0.39 is 0 Å². The van der Waals surface area contributed by atoms with Crippen molar-refractivity contribution in [2.45, 2.75) is 31.3 Å². The van der Waals surface area contributed by atoms with Crippen molar-refractivity contribution in [2.24, 2.45) is 0 Å². The van der Waals surface area contributed by atoms with Gasteiger partial charge in [-0.1, -0.05) is 24.3 Å². The Hall–Kier alpha value is -2.00. The second-order valence-corrected chi connectivity index (χ2v) is 6.24. The maximum Gasteiger partial charge on any atom is 0.157 e. The van der Waals surface area contributed by atoms with Crippen molar-refractivity contribution < 1.29 is 10.2 Å². The van der Waals surface area contributed by atoms with Gasteiger partial charge in [0.2, 0.25) is 0 Å². The Morgan fingerprint density at radius 1 is 1.00 bits per heavy atom. The monoisotopic (exact) mass is 281 g/mol. The zero-order valence-corrected chi connectivity index (χ0v) is 12.1. The average molecular weight is 281 g/mol. The Morgan fingerprint density at radius 3 is 2.62 bits per heavy atom. The molecule has 21 heavy (non-hydrogen) atoms. The third kappa shape index (κ3) is 1.84. The molecule has 0 spiro atoms. The molecule has 0 amide bonds. The summed E-state index contributed by atoms with van der Waals surface area (Å²) in [5.74, 6) is 0.264. The fourth-order valence-electron chi connectivity index (χ4n) is 4.04. The number of hydrogen-bond acceptors (Lipinski definition) is 3. The van der Waals surface area contributed by atoms with E-state index >= 15 is 0 Å². The van der Waals surface area contributed by atoms with Crippen LogP contribution in [0.3, 0.4) is 0 Å². The highest BCUT2D eigenvalue weighted by molar-refractivity contribution is 5.53.